The molecule has 4 aliphatic carbocycles. The maximum absolute atomic E-state index is 12.1. The van der Waals surface area contributed by atoms with Crippen molar-refractivity contribution in [3.05, 3.63) is 0 Å². The summed E-state index contributed by atoms with van der Waals surface area (Å²) in [7, 11) is 0. The van der Waals surface area contributed by atoms with Crippen molar-refractivity contribution < 1.29 is 19.8 Å². The van der Waals surface area contributed by atoms with Crippen molar-refractivity contribution in [2.45, 2.75) is 91.1 Å². The van der Waals surface area contributed by atoms with E-state index in [4.69, 9.17) is 5.11 Å². The Morgan fingerprint density at radius 1 is 1.18 bits per heavy atom. The molecule has 0 amide bonds. The zero-order chi connectivity index (χ0) is 20.3. The van der Waals surface area contributed by atoms with E-state index in [0.29, 0.717) is 47.7 Å². The minimum absolute atomic E-state index is 0.0766. The Bertz CT molecular complexity index is 645. The van der Waals surface area contributed by atoms with Crippen LogP contribution >= 0.6 is 0 Å². The van der Waals surface area contributed by atoms with Crippen LogP contribution in [0.4, 0.5) is 0 Å². The van der Waals surface area contributed by atoms with E-state index in [1.54, 1.807) is 0 Å². The van der Waals surface area contributed by atoms with Gasteiger partial charge in [0.25, 0.3) is 0 Å². The van der Waals surface area contributed by atoms with Crippen molar-refractivity contribution in [2.75, 3.05) is 0 Å². The van der Waals surface area contributed by atoms with Crippen LogP contribution in [0.15, 0.2) is 0 Å². The average Bonchev–Trinajstić information content (AvgIpc) is 3.00. The predicted molar refractivity (Wildman–Crippen MR) is 108 cm³/mol. The second-order valence-electron chi connectivity index (χ2n) is 11.1. The highest BCUT2D eigenvalue weighted by Crippen LogP contribution is 2.68. The summed E-state index contributed by atoms with van der Waals surface area (Å²) in [6.07, 6.45) is 8.69. The molecule has 2 N–H and O–H groups in total. The number of hydrogen-bond donors (Lipinski definition) is 2. The average molecular weight is 391 g/mol. The number of carboxylic acids is 1. The monoisotopic (exact) mass is 390 g/mol. The number of carbonyl (C=O) groups excluding carboxylic acids is 1. The zero-order valence-corrected chi connectivity index (χ0v) is 17.8. The molecule has 4 saturated carbocycles. The lowest BCUT2D eigenvalue weighted by molar-refractivity contribution is -0.171. The van der Waals surface area contributed by atoms with Crippen molar-refractivity contribution in [3.8, 4) is 0 Å². The van der Waals surface area contributed by atoms with Gasteiger partial charge in [-0.15, -0.1) is 0 Å². The van der Waals surface area contributed by atoms with Gasteiger partial charge in [0, 0.05) is 19.3 Å². The molecule has 28 heavy (non-hydrogen) atoms. The van der Waals surface area contributed by atoms with Crippen LogP contribution in [-0.4, -0.2) is 28.1 Å². The fraction of sp³-hybridized carbons (Fsp3) is 0.917. The first kappa shape index (κ1) is 20.4. The first-order valence-corrected chi connectivity index (χ1v) is 11.6. The van der Waals surface area contributed by atoms with Crippen LogP contribution in [-0.2, 0) is 9.59 Å². The molecule has 4 aliphatic rings. The van der Waals surface area contributed by atoms with Crippen LogP contribution in [0.25, 0.3) is 0 Å². The molecule has 0 aromatic heterocycles. The molecular formula is C24H38O4. The Kier molecular flexibility index (Phi) is 5.17. The minimum atomic E-state index is -0.714. The van der Waals surface area contributed by atoms with Gasteiger partial charge in [-0.05, 0) is 91.3 Å². The lowest BCUT2D eigenvalue weighted by Gasteiger charge is -2.62. The molecule has 0 unspecified atom stereocenters. The summed E-state index contributed by atoms with van der Waals surface area (Å²) in [4.78, 5) is 23.1. The minimum Gasteiger partial charge on any atom is -0.481 e. The number of aliphatic hydroxyl groups is 1. The number of carboxylic acid groups (broad SMARTS) is 1. The summed E-state index contributed by atoms with van der Waals surface area (Å²) in [5, 5.41) is 20.5. The summed E-state index contributed by atoms with van der Waals surface area (Å²) in [6.45, 7) is 6.93. The fourth-order valence-corrected chi connectivity index (χ4v) is 8.52. The Morgan fingerprint density at radius 3 is 2.64 bits per heavy atom. The predicted octanol–water partition coefficient (Wildman–Crippen LogP) is 4.69. The van der Waals surface area contributed by atoms with Gasteiger partial charge in [-0.3, -0.25) is 9.59 Å². The largest absolute Gasteiger partial charge is 0.481 e. The van der Waals surface area contributed by atoms with Crippen molar-refractivity contribution in [1.82, 2.24) is 0 Å². The Balaban J connectivity index is 1.57. The standard InChI is InChI=1S/C24H38O4/c1-14(4-9-22(27)28)18-7-8-19-17-6-5-15-12-16(25)10-11-23(15,2)20(17)13-21(26)24(18,19)3/h14-15,17-21,26H,4-13H2,1-3H3,(H,27,28)/t14-,15+,17+,18+,19-,20-,21-,23-,24+/m0/s1. The molecule has 0 heterocycles. The van der Waals surface area contributed by atoms with Gasteiger partial charge in [-0.2, -0.15) is 0 Å². The third kappa shape index (κ3) is 2.97. The van der Waals surface area contributed by atoms with E-state index in [1.807, 2.05) is 0 Å². The number of carbonyl (C=O) groups is 2. The van der Waals surface area contributed by atoms with Gasteiger partial charge >= 0.3 is 5.97 Å². The Morgan fingerprint density at radius 2 is 1.93 bits per heavy atom. The highest BCUT2D eigenvalue weighted by Gasteiger charge is 2.63. The van der Waals surface area contributed by atoms with Gasteiger partial charge in [-0.1, -0.05) is 20.8 Å². The summed E-state index contributed by atoms with van der Waals surface area (Å²) in [5.74, 6) is 2.76. The van der Waals surface area contributed by atoms with Crippen LogP contribution in [0.3, 0.4) is 0 Å². The van der Waals surface area contributed by atoms with Gasteiger partial charge in [0.2, 0.25) is 0 Å². The molecule has 0 radical (unpaired) electrons. The second kappa shape index (κ2) is 7.11. The Labute approximate surface area is 169 Å². The van der Waals surface area contributed by atoms with Crippen molar-refractivity contribution >= 4 is 11.8 Å². The molecule has 0 aliphatic heterocycles. The highest BCUT2D eigenvalue weighted by atomic mass is 16.4. The van der Waals surface area contributed by atoms with E-state index in [0.717, 1.165) is 32.1 Å². The molecule has 0 aromatic carbocycles. The lowest BCUT2D eigenvalue weighted by Crippen LogP contribution is -2.58. The number of hydrogen-bond acceptors (Lipinski definition) is 3. The second-order valence-corrected chi connectivity index (χ2v) is 11.1. The first-order valence-electron chi connectivity index (χ1n) is 11.6. The molecule has 4 heteroatoms. The maximum Gasteiger partial charge on any atom is 0.303 e. The van der Waals surface area contributed by atoms with Crippen molar-refractivity contribution in [2.24, 2.45) is 46.3 Å². The zero-order valence-electron chi connectivity index (χ0n) is 17.8. The maximum atomic E-state index is 12.1. The van der Waals surface area contributed by atoms with Crippen LogP contribution in [0.2, 0.25) is 0 Å². The van der Waals surface area contributed by atoms with Gasteiger partial charge in [0.05, 0.1) is 6.10 Å². The van der Waals surface area contributed by atoms with Gasteiger partial charge < -0.3 is 10.2 Å². The molecule has 4 rings (SSSR count). The molecule has 4 nitrogen and oxygen atoms in total. The summed E-state index contributed by atoms with van der Waals surface area (Å²) < 4.78 is 0. The Hall–Kier alpha value is -0.900. The number of ketones is 1. The van der Waals surface area contributed by atoms with Crippen LogP contribution < -0.4 is 0 Å². The topological polar surface area (TPSA) is 74.6 Å². The third-order valence-corrected chi connectivity index (χ3v) is 10.2. The molecule has 0 aromatic rings. The molecule has 9 atom stereocenters. The summed E-state index contributed by atoms with van der Waals surface area (Å²) in [6, 6.07) is 0. The quantitative estimate of drug-likeness (QED) is 0.730. The van der Waals surface area contributed by atoms with E-state index in [1.165, 1.54) is 19.3 Å². The van der Waals surface area contributed by atoms with E-state index in [2.05, 4.69) is 20.8 Å². The third-order valence-electron chi connectivity index (χ3n) is 10.2. The van der Waals surface area contributed by atoms with Crippen LogP contribution in [0.5, 0.6) is 0 Å². The number of fused-ring (bicyclic) bond motifs is 5. The number of aliphatic hydroxyl groups excluding tert-OH is 1. The van der Waals surface area contributed by atoms with Crippen LogP contribution in [0.1, 0.15) is 85.0 Å². The molecular weight excluding hydrogens is 352 g/mol. The number of Topliss-reactive ketones (excluding diaryl/α,β-unsaturated/α-hetero) is 1. The van der Waals surface area contributed by atoms with E-state index in [-0.39, 0.29) is 23.4 Å². The normalized spacial score (nSPS) is 49.1. The van der Waals surface area contributed by atoms with E-state index >= 15 is 0 Å². The first-order chi connectivity index (χ1) is 13.2. The fourth-order valence-electron chi connectivity index (χ4n) is 8.52. The van der Waals surface area contributed by atoms with Gasteiger partial charge in [-0.25, -0.2) is 0 Å². The molecule has 0 bridgehead atoms. The number of rotatable bonds is 4. The molecule has 0 spiro atoms. The van der Waals surface area contributed by atoms with Crippen LogP contribution in [0, 0.1) is 46.3 Å². The summed E-state index contributed by atoms with van der Waals surface area (Å²) >= 11 is 0. The van der Waals surface area contributed by atoms with Gasteiger partial charge in [0.15, 0.2) is 0 Å². The number of aliphatic carboxylic acids is 1. The smallest absolute Gasteiger partial charge is 0.303 e. The van der Waals surface area contributed by atoms with Crippen molar-refractivity contribution in [1.29, 1.82) is 0 Å². The molecule has 0 saturated heterocycles. The van der Waals surface area contributed by atoms with E-state index in [9.17, 15) is 14.7 Å². The van der Waals surface area contributed by atoms with Gasteiger partial charge in [0.1, 0.15) is 5.78 Å². The van der Waals surface area contributed by atoms with Crippen molar-refractivity contribution in [3.63, 3.8) is 0 Å². The SMILES string of the molecule is C[C@@H](CCC(=O)O)[C@H]1CC[C@H]2[C@H]3CC[C@@H]4CC(=O)CC[C@]4(C)[C@H]3C[C@H](O)[C@]12C. The van der Waals surface area contributed by atoms with E-state index < -0.39 is 5.97 Å². The highest BCUT2D eigenvalue weighted by molar-refractivity contribution is 5.79. The lowest BCUT2D eigenvalue weighted by atomic mass is 9.44. The summed E-state index contributed by atoms with van der Waals surface area (Å²) in [5.41, 5.74) is 0.138. The molecule has 4 fully saturated rings. The molecule has 158 valence electrons.